The molecule has 0 radical (unpaired) electrons. The molecular weight excluding hydrogens is 450 g/mol. The number of esters is 2. The number of ketones is 1. The Morgan fingerprint density at radius 3 is 2.03 bits per heavy atom. The maximum Gasteiger partial charge on any atom is 0.407 e. The summed E-state index contributed by atoms with van der Waals surface area (Å²) in [6.07, 6.45) is -0.519. The number of ether oxygens (including phenoxy) is 3. The number of amides is 1. The lowest BCUT2D eigenvalue weighted by molar-refractivity contribution is -0.238. The number of hydrogen-bond acceptors (Lipinski definition) is 7. The van der Waals surface area contributed by atoms with E-state index in [0.717, 1.165) is 16.7 Å². The molecule has 0 saturated carbocycles. The van der Waals surface area contributed by atoms with Crippen molar-refractivity contribution in [2.45, 2.75) is 52.4 Å². The van der Waals surface area contributed by atoms with Gasteiger partial charge in [0.1, 0.15) is 5.60 Å². The summed E-state index contributed by atoms with van der Waals surface area (Å²) < 4.78 is 15.5. The van der Waals surface area contributed by atoms with Crippen LogP contribution < -0.4 is 5.32 Å². The molecule has 0 bridgehead atoms. The van der Waals surface area contributed by atoms with Crippen molar-refractivity contribution in [2.75, 3.05) is 6.54 Å². The number of cyclic esters (lactones) is 2. The van der Waals surface area contributed by atoms with Crippen molar-refractivity contribution in [3.63, 3.8) is 0 Å². The van der Waals surface area contributed by atoms with Crippen molar-refractivity contribution >= 4 is 23.8 Å². The lowest BCUT2D eigenvalue weighted by Gasteiger charge is -2.33. The molecule has 1 atom stereocenters. The van der Waals surface area contributed by atoms with Crippen LogP contribution in [0.5, 0.6) is 0 Å². The van der Waals surface area contributed by atoms with Gasteiger partial charge in [0.2, 0.25) is 5.92 Å². The Kier molecular flexibility index (Phi) is 7.63. The zero-order valence-corrected chi connectivity index (χ0v) is 20.6. The maximum absolute atomic E-state index is 13.3. The fourth-order valence-electron chi connectivity index (χ4n) is 3.73. The molecular formula is C27H31NO7. The van der Waals surface area contributed by atoms with E-state index in [1.807, 2.05) is 54.6 Å². The Hall–Kier alpha value is -3.68. The lowest BCUT2D eigenvalue weighted by atomic mass is 9.87. The number of carbonyl (C=O) groups excluding carboxylic acids is 4. The van der Waals surface area contributed by atoms with E-state index in [9.17, 15) is 19.2 Å². The number of carbonyl (C=O) groups is 4. The van der Waals surface area contributed by atoms with Gasteiger partial charge < -0.3 is 19.5 Å². The van der Waals surface area contributed by atoms with Crippen LogP contribution in [0.2, 0.25) is 0 Å². The summed E-state index contributed by atoms with van der Waals surface area (Å²) in [6.45, 7) is 7.87. The number of alkyl carbamates (subject to hydrolysis) is 1. The summed E-state index contributed by atoms with van der Waals surface area (Å²) in [7, 11) is 0. The van der Waals surface area contributed by atoms with Crippen LogP contribution in [0.4, 0.5) is 4.79 Å². The minimum Gasteiger partial charge on any atom is -0.444 e. The van der Waals surface area contributed by atoms with E-state index in [0.29, 0.717) is 0 Å². The second kappa shape index (κ2) is 10.3. The van der Waals surface area contributed by atoms with E-state index >= 15 is 0 Å². The van der Waals surface area contributed by atoms with Crippen LogP contribution in [0.15, 0.2) is 54.6 Å². The van der Waals surface area contributed by atoms with Gasteiger partial charge in [0.05, 0.1) is 0 Å². The number of benzene rings is 2. The molecule has 1 saturated heterocycles. The quantitative estimate of drug-likeness (QED) is 0.469. The largest absolute Gasteiger partial charge is 0.444 e. The third-order valence-corrected chi connectivity index (χ3v) is 5.29. The molecule has 0 aliphatic carbocycles. The van der Waals surface area contributed by atoms with Crippen molar-refractivity contribution < 1.29 is 33.4 Å². The van der Waals surface area contributed by atoms with E-state index in [-0.39, 0.29) is 13.0 Å². The van der Waals surface area contributed by atoms with Crippen LogP contribution in [-0.2, 0) is 35.0 Å². The highest BCUT2D eigenvalue weighted by Crippen LogP contribution is 2.27. The molecule has 1 amide bonds. The standard InChI is InChI=1S/C27H31NO7/c1-26(2,3)35-25(32)28-16-20(22(29)21-23(30)33-27(4,5)34-24(21)31)15-17-11-13-19(14-12-17)18-9-7-6-8-10-18/h6-14,20-21H,15-16H2,1-5H3,(H,28,32). The minimum atomic E-state index is -1.71. The Morgan fingerprint density at radius 2 is 1.49 bits per heavy atom. The van der Waals surface area contributed by atoms with Gasteiger partial charge in [-0.2, -0.15) is 0 Å². The zero-order chi connectivity index (χ0) is 25.8. The summed E-state index contributed by atoms with van der Waals surface area (Å²) in [6, 6.07) is 17.4. The normalized spacial score (nSPS) is 16.6. The number of hydrogen-bond donors (Lipinski definition) is 1. The van der Waals surface area contributed by atoms with Crippen molar-refractivity contribution in [1.29, 1.82) is 0 Å². The van der Waals surface area contributed by atoms with Gasteiger partial charge in [0, 0.05) is 26.3 Å². The van der Waals surface area contributed by atoms with E-state index in [4.69, 9.17) is 14.2 Å². The molecule has 3 rings (SSSR count). The van der Waals surface area contributed by atoms with Crippen molar-refractivity contribution in [1.82, 2.24) is 5.32 Å². The average Bonchev–Trinajstić information content (AvgIpc) is 2.75. The summed E-state index contributed by atoms with van der Waals surface area (Å²) in [5, 5.41) is 2.58. The summed E-state index contributed by atoms with van der Waals surface area (Å²) in [4.78, 5) is 50.5. The third-order valence-electron chi connectivity index (χ3n) is 5.29. The van der Waals surface area contributed by atoms with E-state index < -0.39 is 47.0 Å². The molecule has 8 nitrogen and oxygen atoms in total. The number of nitrogens with one attached hydrogen (secondary N) is 1. The highest BCUT2D eigenvalue weighted by Gasteiger charge is 2.48. The predicted molar refractivity (Wildman–Crippen MR) is 128 cm³/mol. The summed E-state index contributed by atoms with van der Waals surface area (Å²) >= 11 is 0. The molecule has 2 aromatic rings. The van der Waals surface area contributed by atoms with Gasteiger partial charge in [-0.05, 0) is 43.9 Å². The smallest absolute Gasteiger partial charge is 0.407 e. The molecule has 1 heterocycles. The van der Waals surface area contributed by atoms with Crippen molar-refractivity contribution in [3.8, 4) is 11.1 Å². The van der Waals surface area contributed by atoms with Gasteiger partial charge >= 0.3 is 18.0 Å². The minimum absolute atomic E-state index is 0.130. The van der Waals surface area contributed by atoms with Crippen LogP contribution in [-0.4, -0.2) is 41.7 Å². The van der Waals surface area contributed by atoms with Gasteiger partial charge in [0.25, 0.3) is 5.79 Å². The van der Waals surface area contributed by atoms with Gasteiger partial charge in [-0.1, -0.05) is 54.6 Å². The molecule has 0 aromatic heterocycles. The SMILES string of the molecule is CC(C)(C)OC(=O)NCC(Cc1ccc(-c2ccccc2)cc1)C(=O)C1C(=O)OC(C)(C)OC1=O. The van der Waals surface area contributed by atoms with Crippen LogP contribution in [0.1, 0.15) is 40.2 Å². The first-order valence-corrected chi connectivity index (χ1v) is 11.5. The van der Waals surface area contributed by atoms with E-state index in [1.165, 1.54) is 13.8 Å². The van der Waals surface area contributed by atoms with Gasteiger partial charge in [0.15, 0.2) is 5.78 Å². The Morgan fingerprint density at radius 1 is 0.943 bits per heavy atom. The molecule has 1 aliphatic rings. The monoisotopic (exact) mass is 481 g/mol. The predicted octanol–water partition coefficient (Wildman–Crippen LogP) is 4.06. The first-order chi connectivity index (χ1) is 16.3. The second-order valence-electron chi connectivity index (χ2n) is 9.92. The van der Waals surface area contributed by atoms with Crippen LogP contribution in [0.25, 0.3) is 11.1 Å². The molecule has 2 aromatic carbocycles. The van der Waals surface area contributed by atoms with Crippen LogP contribution >= 0.6 is 0 Å². The van der Waals surface area contributed by atoms with Gasteiger partial charge in [-0.25, -0.2) is 4.79 Å². The first-order valence-electron chi connectivity index (χ1n) is 11.5. The molecule has 1 fully saturated rings. The molecule has 1 aliphatic heterocycles. The van der Waals surface area contributed by atoms with Crippen molar-refractivity contribution in [3.05, 3.63) is 60.2 Å². The Labute approximate surface area is 204 Å². The summed E-state index contributed by atoms with van der Waals surface area (Å²) in [5.74, 6) is -6.65. The van der Waals surface area contributed by atoms with E-state index in [1.54, 1.807) is 20.8 Å². The number of Topliss-reactive ketones (excluding diaryl/α,β-unsaturated/α-hetero) is 1. The van der Waals surface area contributed by atoms with Gasteiger partial charge in [-0.15, -0.1) is 0 Å². The fraction of sp³-hybridized carbons (Fsp3) is 0.407. The second-order valence-corrected chi connectivity index (χ2v) is 9.92. The zero-order valence-electron chi connectivity index (χ0n) is 20.6. The van der Waals surface area contributed by atoms with Gasteiger partial charge in [-0.3, -0.25) is 14.4 Å². The Bertz CT molecular complexity index is 1060. The molecule has 1 N–H and O–H groups in total. The lowest BCUT2D eigenvalue weighted by Crippen LogP contribution is -2.51. The topological polar surface area (TPSA) is 108 Å². The highest BCUT2D eigenvalue weighted by atomic mass is 16.7. The average molecular weight is 482 g/mol. The highest BCUT2D eigenvalue weighted by molar-refractivity contribution is 6.16. The molecule has 8 heteroatoms. The van der Waals surface area contributed by atoms with Crippen LogP contribution in [0.3, 0.4) is 0 Å². The fourth-order valence-corrected chi connectivity index (χ4v) is 3.73. The summed E-state index contributed by atoms with van der Waals surface area (Å²) in [5.41, 5.74) is 2.13. The third kappa shape index (κ3) is 7.15. The maximum atomic E-state index is 13.3. The molecule has 186 valence electrons. The Balaban J connectivity index is 1.79. The molecule has 35 heavy (non-hydrogen) atoms. The first kappa shape index (κ1) is 25.9. The van der Waals surface area contributed by atoms with E-state index in [2.05, 4.69) is 5.32 Å². The van der Waals surface area contributed by atoms with Crippen LogP contribution in [0, 0.1) is 11.8 Å². The molecule has 1 unspecified atom stereocenters. The van der Waals surface area contributed by atoms with Crippen molar-refractivity contribution in [2.24, 2.45) is 11.8 Å². The molecule has 0 spiro atoms. The number of rotatable bonds is 7.